The third-order valence-corrected chi connectivity index (χ3v) is 3.24. The van der Waals surface area contributed by atoms with Crippen LogP contribution < -0.4 is 5.32 Å². The fraction of sp³-hybridized carbons (Fsp3) is 0.500. The van der Waals surface area contributed by atoms with E-state index in [-0.39, 0.29) is 5.92 Å². The van der Waals surface area contributed by atoms with Crippen LogP contribution in [0.25, 0.3) is 0 Å². The van der Waals surface area contributed by atoms with Crippen molar-refractivity contribution in [3.63, 3.8) is 0 Å². The summed E-state index contributed by atoms with van der Waals surface area (Å²) in [4.78, 5) is 23.0. The lowest BCUT2D eigenvalue weighted by Crippen LogP contribution is -2.30. The molecule has 22 heavy (non-hydrogen) atoms. The predicted octanol–water partition coefficient (Wildman–Crippen LogP) is 3.72. The summed E-state index contributed by atoms with van der Waals surface area (Å²) in [5.41, 5.74) is 0.437. The number of alkyl carbamates (subject to hydrolysis) is 1. The number of rotatable bonds is 5. The molecule has 0 unspecified atom stereocenters. The van der Waals surface area contributed by atoms with Gasteiger partial charge in [-0.2, -0.15) is 0 Å². The van der Waals surface area contributed by atoms with Crippen LogP contribution in [0.2, 0.25) is 5.02 Å². The molecule has 0 saturated heterocycles. The van der Waals surface area contributed by atoms with Crippen LogP contribution in [0.5, 0.6) is 0 Å². The van der Waals surface area contributed by atoms with Crippen molar-refractivity contribution in [1.29, 1.82) is 0 Å². The number of nitrogens with one attached hydrogen (secondary N) is 1. The molecule has 0 radical (unpaired) electrons. The summed E-state index contributed by atoms with van der Waals surface area (Å²) < 4.78 is 9.64. The van der Waals surface area contributed by atoms with Gasteiger partial charge < -0.3 is 14.8 Å². The predicted molar refractivity (Wildman–Crippen MR) is 84.8 cm³/mol. The molecule has 122 valence electrons. The molecule has 0 aliphatic rings. The van der Waals surface area contributed by atoms with E-state index in [4.69, 9.17) is 21.1 Å². The van der Waals surface area contributed by atoms with Crippen LogP contribution in [0.3, 0.4) is 0 Å². The smallest absolute Gasteiger partial charge is 0.410 e. The molecule has 0 fully saturated rings. The van der Waals surface area contributed by atoms with Crippen molar-refractivity contribution in [3.05, 3.63) is 34.9 Å². The lowest BCUT2D eigenvalue weighted by molar-refractivity contribution is -0.161. The minimum atomic E-state index is -0.623. The number of carbonyl (C=O) groups is 2. The molecule has 1 N–H and O–H groups in total. The molecular weight excluding hydrogens is 306 g/mol. The second-order valence-electron chi connectivity index (χ2n) is 6.06. The molecule has 1 atom stereocenters. The van der Waals surface area contributed by atoms with Crippen LogP contribution in [-0.2, 0) is 14.3 Å². The van der Waals surface area contributed by atoms with E-state index < -0.39 is 24.3 Å². The minimum Gasteiger partial charge on any atom is -0.427 e. The standard InChI is InChI=1S/C16H22ClNO4/c1-11(12-5-7-13(17)8-6-12)9-18-15(20)22-10-21-14(19)16(2,3)4/h5-8,11H,9-10H2,1-4H3,(H,18,20)/t11-/m0/s1. The van der Waals surface area contributed by atoms with Crippen LogP contribution in [-0.4, -0.2) is 25.4 Å². The van der Waals surface area contributed by atoms with Gasteiger partial charge in [0.05, 0.1) is 5.41 Å². The van der Waals surface area contributed by atoms with Crippen molar-refractivity contribution in [1.82, 2.24) is 5.32 Å². The maximum atomic E-state index is 11.5. The summed E-state index contributed by atoms with van der Waals surface area (Å²) in [6.07, 6.45) is -0.623. The van der Waals surface area contributed by atoms with E-state index in [1.54, 1.807) is 32.9 Å². The Labute approximate surface area is 135 Å². The highest BCUT2D eigenvalue weighted by molar-refractivity contribution is 6.30. The highest BCUT2D eigenvalue weighted by atomic mass is 35.5. The number of halogens is 1. The quantitative estimate of drug-likeness (QED) is 0.661. The maximum absolute atomic E-state index is 11.5. The molecule has 0 saturated carbocycles. The van der Waals surface area contributed by atoms with E-state index in [2.05, 4.69) is 5.32 Å². The van der Waals surface area contributed by atoms with Crippen LogP contribution in [0.1, 0.15) is 39.2 Å². The third kappa shape index (κ3) is 6.35. The molecule has 5 nitrogen and oxygen atoms in total. The number of benzene rings is 1. The average Bonchev–Trinajstić information content (AvgIpc) is 2.44. The first kappa shape index (κ1) is 18.3. The van der Waals surface area contributed by atoms with Gasteiger partial charge in [0.1, 0.15) is 0 Å². The zero-order valence-electron chi connectivity index (χ0n) is 13.3. The topological polar surface area (TPSA) is 64.6 Å². The van der Waals surface area contributed by atoms with Gasteiger partial charge in [-0.15, -0.1) is 0 Å². The third-order valence-electron chi connectivity index (χ3n) is 2.98. The number of carbonyl (C=O) groups excluding carboxylic acids is 2. The first-order valence-electron chi connectivity index (χ1n) is 7.03. The van der Waals surface area contributed by atoms with Gasteiger partial charge in [0, 0.05) is 11.6 Å². The normalized spacial score (nSPS) is 12.4. The van der Waals surface area contributed by atoms with Gasteiger partial charge in [0.2, 0.25) is 6.79 Å². The molecule has 1 rings (SSSR count). The molecule has 1 amide bonds. The molecule has 0 aliphatic carbocycles. The summed E-state index contributed by atoms with van der Waals surface area (Å²) in [5.74, 6) is -0.309. The van der Waals surface area contributed by atoms with Crippen molar-refractivity contribution < 1.29 is 19.1 Å². The van der Waals surface area contributed by atoms with E-state index in [0.29, 0.717) is 11.6 Å². The maximum Gasteiger partial charge on any atom is 0.410 e. The lowest BCUT2D eigenvalue weighted by atomic mass is 9.98. The van der Waals surface area contributed by atoms with Crippen molar-refractivity contribution in [2.45, 2.75) is 33.6 Å². The molecule has 0 aliphatic heterocycles. The van der Waals surface area contributed by atoms with Crippen LogP contribution >= 0.6 is 11.6 Å². The summed E-state index contributed by atoms with van der Waals surface area (Å²) in [5, 5.41) is 3.29. The van der Waals surface area contributed by atoms with Crippen molar-refractivity contribution >= 4 is 23.7 Å². The Morgan fingerprint density at radius 3 is 2.32 bits per heavy atom. The monoisotopic (exact) mass is 327 g/mol. The second kappa shape index (κ2) is 8.03. The van der Waals surface area contributed by atoms with Crippen molar-refractivity contribution in [2.75, 3.05) is 13.3 Å². The van der Waals surface area contributed by atoms with Crippen molar-refractivity contribution in [2.24, 2.45) is 5.41 Å². The Balaban J connectivity index is 2.28. The van der Waals surface area contributed by atoms with Crippen molar-refractivity contribution in [3.8, 4) is 0 Å². The number of amides is 1. The highest BCUT2D eigenvalue weighted by Gasteiger charge is 2.23. The van der Waals surface area contributed by atoms with Crippen LogP contribution in [0, 0.1) is 5.41 Å². The van der Waals surface area contributed by atoms with Gasteiger partial charge in [-0.3, -0.25) is 4.79 Å². The Bertz CT molecular complexity index is 508. The number of ether oxygens (including phenoxy) is 2. The SMILES string of the molecule is C[C@@H](CNC(=O)OCOC(=O)C(C)(C)C)c1ccc(Cl)cc1. The lowest BCUT2D eigenvalue weighted by Gasteiger charge is -2.17. The number of esters is 1. The first-order valence-corrected chi connectivity index (χ1v) is 7.41. The first-order chi connectivity index (χ1) is 10.2. The molecule has 1 aromatic rings. The Morgan fingerprint density at radius 2 is 1.77 bits per heavy atom. The highest BCUT2D eigenvalue weighted by Crippen LogP contribution is 2.17. The molecule has 6 heteroatoms. The molecule has 0 bridgehead atoms. The van der Waals surface area contributed by atoms with Gasteiger partial charge in [-0.05, 0) is 44.4 Å². The van der Waals surface area contributed by atoms with E-state index in [9.17, 15) is 9.59 Å². The Hall–Kier alpha value is -1.75. The van der Waals surface area contributed by atoms with E-state index in [1.165, 1.54) is 0 Å². The molecule has 0 spiro atoms. The fourth-order valence-corrected chi connectivity index (χ4v) is 1.68. The van der Waals surface area contributed by atoms with Gasteiger partial charge in [0.15, 0.2) is 0 Å². The Kier molecular flexibility index (Phi) is 6.68. The number of hydrogen-bond acceptors (Lipinski definition) is 4. The summed E-state index contributed by atoms with van der Waals surface area (Å²) in [7, 11) is 0. The average molecular weight is 328 g/mol. The molecular formula is C16H22ClNO4. The van der Waals surface area contributed by atoms with Gasteiger partial charge in [-0.1, -0.05) is 30.7 Å². The van der Waals surface area contributed by atoms with Gasteiger partial charge >= 0.3 is 12.1 Å². The zero-order chi connectivity index (χ0) is 16.8. The zero-order valence-corrected chi connectivity index (χ0v) is 14.1. The fourth-order valence-electron chi connectivity index (χ4n) is 1.55. The Morgan fingerprint density at radius 1 is 1.18 bits per heavy atom. The number of hydrogen-bond donors (Lipinski definition) is 1. The molecule has 0 heterocycles. The summed E-state index contributed by atoms with van der Waals surface area (Å²) in [6, 6.07) is 7.42. The van der Waals surface area contributed by atoms with Gasteiger partial charge in [0.25, 0.3) is 0 Å². The second-order valence-corrected chi connectivity index (χ2v) is 6.50. The summed E-state index contributed by atoms with van der Waals surface area (Å²) >= 11 is 5.83. The largest absolute Gasteiger partial charge is 0.427 e. The van der Waals surface area contributed by atoms with E-state index in [0.717, 1.165) is 5.56 Å². The van der Waals surface area contributed by atoms with E-state index in [1.807, 2.05) is 19.1 Å². The minimum absolute atomic E-state index is 0.113. The molecule has 0 aromatic heterocycles. The van der Waals surface area contributed by atoms with Crippen LogP contribution in [0.4, 0.5) is 4.79 Å². The summed E-state index contributed by atoms with van der Waals surface area (Å²) in [6.45, 7) is 7.17. The van der Waals surface area contributed by atoms with E-state index >= 15 is 0 Å². The van der Waals surface area contributed by atoms with Gasteiger partial charge in [-0.25, -0.2) is 4.79 Å². The van der Waals surface area contributed by atoms with Crippen LogP contribution in [0.15, 0.2) is 24.3 Å². The molecule has 1 aromatic carbocycles.